The molecule has 0 aliphatic carbocycles. The summed E-state index contributed by atoms with van der Waals surface area (Å²) in [5.74, 6) is 0.495. The lowest BCUT2D eigenvalue weighted by atomic mass is 10.1. The van der Waals surface area contributed by atoms with Crippen molar-refractivity contribution in [3.63, 3.8) is 0 Å². The minimum atomic E-state index is -0.0760. The Morgan fingerprint density at radius 3 is 2.56 bits per heavy atom. The Morgan fingerprint density at radius 1 is 1.33 bits per heavy atom. The van der Waals surface area contributed by atoms with Gasteiger partial charge in [0, 0.05) is 37.6 Å². The molecule has 2 aromatic heterocycles. The van der Waals surface area contributed by atoms with Gasteiger partial charge in [-0.2, -0.15) is 10.2 Å². The number of nitrogens with one attached hydrogen (secondary N) is 1. The number of aromatic nitrogens is 4. The lowest BCUT2D eigenvalue weighted by molar-refractivity contribution is -0.115. The summed E-state index contributed by atoms with van der Waals surface area (Å²) in [7, 11) is 3.69. The van der Waals surface area contributed by atoms with Gasteiger partial charge in [0.2, 0.25) is 5.91 Å². The van der Waals surface area contributed by atoms with E-state index in [1.165, 1.54) is 0 Å². The first-order valence-corrected chi connectivity index (χ1v) is 5.76. The summed E-state index contributed by atoms with van der Waals surface area (Å²) in [5, 5.41) is 11.2. The molecule has 96 valence electrons. The molecule has 0 fully saturated rings. The van der Waals surface area contributed by atoms with Crippen molar-refractivity contribution in [2.45, 2.75) is 20.3 Å². The fourth-order valence-corrected chi connectivity index (χ4v) is 1.90. The number of nitrogens with zero attached hydrogens (tertiary/aromatic N) is 4. The van der Waals surface area contributed by atoms with Crippen LogP contribution >= 0.6 is 0 Å². The third kappa shape index (κ3) is 2.42. The maximum Gasteiger partial charge on any atom is 0.230 e. The smallest absolute Gasteiger partial charge is 0.230 e. The largest absolute Gasteiger partial charge is 0.309 e. The third-order valence-electron chi connectivity index (χ3n) is 2.98. The molecule has 0 unspecified atom stereocenters. The number of aryl methyl sites for hydroxylation is 3. The maximum absolute atomic E-state index is 11.9. The summed E-state index contributed by atoms with van der Waals surface area (Å²) in [4.78, 5) is 11.9. The predicted octanol–water partition coefficient (Wildman–Crippen LogP) is 0.952. The number of carbonyl (C=O) groups excluding carboxylic acids is 1. The van der Waals surface area contributed by atoms with E-state index < -0.39 is 0 Å². The first-order valence-electron chi connectivity index (χ1n) is 5.76. The van der Waals surface area contributed by atoms with Crippen molar-refractivity contribution in [2.75, 3.05) is 5.32 Å². The van der Waals surface area contributed by atoms with Crippen LogP contribution in [-0.2, 0) is 25.3 Å². The number of amides is 1. The zero-order chi connectivity index (χ0) is 13.3. The molecule has 0 bridgehead atoms. The van der Waals surface area contributed by atoms with Crippen molar-refractivity contribution in [1.82, 2.24) is 19.6 Å². The molecule has 2 heterocycles. The molecule has 0 saturated carbocycles. The molecule has 0 aliphatic heterocycles. The summed E-state index contributed by atoms with van der Waals surface area (Å²) in [6.07, 6.45) is 2.11. The van der Waals surface area contributed by atoms with Gasteiger partial charge >= 0.3 is 0 Å². The zero-order valence-corrected chi connectivity index (χ0v) is 11.1. The van der Waals surface area contributed by atoms with E-state index in [-0.39, 0.29) is 5.91 Å². The van der Waals surface area contributed by atoms with Crippen molar-refractivity contribution in [3.8, 4) is 0 Å². The average molecular weight is 247 g/mol. The molecule has 2 rings (SSSR count). The Bertz CT molecular complexity index is 581. The van der Waals surface area contributed by atoms with Crippen LogP contribution in [0.25, 0.3) is 0 Å². The van der Waals surface area contributed by atoms with Crippen molar-refractivity contribution < 1.29 is 4.79 Å². The molecule has 0 radical (unpaired) electrons. The van der Waals surface area contributed by atoms with Crippen molar-refractivity contribution >= 4 is 11.7 Å². The van der Waals surface area contributed by atoms with E-state index in [0.29, 0.717) is 12.2 Å². The van der Waals surface area contributed by atoms with E-state index in [9.17, 15) is 4.79 Å². The first-order chi connectivity index (χ1) is 8.47. The number of anilines is 1. The second kappa shape index (κ2) is 4.64. The Balaban J connectivity index is 2.07. The Kier molecular flexibility index (Phi) is 3.18. The molecule has 0 saturated heterocycles. The third-order valence-corrected chi connectivity index (χ3v) is 2.98. The van der Waals surface area contributed by atoms with Crippen LogP contribution in [0.2, 0.25) is 0 Å². The van der Waals surface area contributed by atoms with E-state index in [2.05, 4.69) is 15.5 Å². The van der Waals surface area contributed by atoms with Gasteiger partial charge < -0.3 is 5.32 Å². The van der Waals surface area contributed by atoms with Gasteiger partial charge in [0.1, 0.15) is 0 Å². The monoisotopic (exact) mass is 247 g/mol. The fraction of sp³-hybridized carbons (Fsp3) is 0.417. The molecule has 0 aliphatic rings. The van der Waals surface area contributed by atoms with E-state index >= 15 is 0 Å². The second-order valence-electron chi connectivity index (χ2n) is 4.37. The quantitative estimate of drug-likeness (QED) is 0.878. The van der Waals surface area contributed by atoms with E-state index in [1.807, 2.05) is 27.9 Å². The van der Waals surface area contributed by atoms with Crippen LogP contribution in [0, 0.1) is 13.8 Å². The van der Waals surface area contributed by atoms with Gasteiger partial charge in [-0.3, -0.25) is 14.2 Å². The number of carbonyl (C=O) groups is 1. The normalized spacial score (nSPS) is 10.7. The number of rotatable bonds is 3. The van der Waals surface area contributed by atoms with Gasteiger partial charge in [-0.05, 0) is 13.8 Å². The van der Waals surface area contributed by atoms with E-state index in [4.69, 9.17) is 0 Å². The van der Waals surface area contributed by atoms with Gasteiger partial charge in [0.25, 0.3) is 0 Å². The van der Waals surface area contributed by atoms with Crippen LogP contribution in [0.4, 0.5) is 5.82 Å². The maximum atomic E-state index is 11.9. The topological polar surface area (TPSA) is 64.7 Å². The summed E-state index contributed by atoms with van der Waals surface area (Å²) >= 11 is 0. The molecule has 1 amide bonds. The van der Waals surface area contributed by atoms with Gasteiger partial charge in [-0.15, -0.1) is 0 Å². The van der Waals surface area contributed by atoms with Crippen LogP contribution in [0.5, 0.6) is 0 Å². The van der Waals surface area contributed by atoms with Gasteiger partial charge in [0.05, 0.1) is 12.1 Å². The van der Waals surface area contributed by atoms with Crippen LogP contribution < -0.4 is 5.32 Å². The molecule has 0 aromatic carbocycles. The van der Waals surface area contributed by atoms with Crippen LogP contribution in [0.1, 0.15) is 17.0 Å². The summed E-state index contributed by atoms with van der Waals surface area (Å²) in [6.45, 7) is 3.87. The summed E-state index contributed by atoms with van der Waals surface area (Å²) in [6, 6.07) is 1.76. The molecule has 2 aromatic rings. The van der Waals surface area contributed by atoms with Crippen LogP contribution in [0.15, 0.2) is 12.3 Å². The van der Waals surface area contributed by atoms with Gasteiger partial charge in [0.15, 0.2) is 5.82 Å². The Morgan fingerprint density at radius 2 is 2.06 bits per heavy atom. The molecule has 6 nitrogen and oxygen atoms in total. The highest BCUT2D eigenvalue weighted by molar-refractivity contribution is 5.91. The minimum Gasteiger partial charge on any atom is -0.309 e. The van der Waals surface area contributed by atoms with Gasteiger partial charge in [-0.1, -0.05) is 0 Å². The minimum absolute atomic E-state index is 0.0760. The Hall–Kier alpha value is -2.11. The number of hydrogen-bond donors (Lipinski definition) is 1. The molecule has 1 N–H and O–H groups in total. The first kappa shape index (κ1) is 12.3. The van der Waals surface area contributed by atoms with Crippen molar-refractivity contribution in [1.29, 1.82) is 0 Å². The fourth-order valence-electron chi connectivity index (χ4n) is 1.90. The average Bonchev–Trinajstić information content (AvgIpc) is 2.78. The molecular weight excluding hydrogens is 230 g/mol. The molecular formula is C12H17N5O. The molecule has 6 heteroatoms. The summed E-state index contributed by atoms with van der Waals surface area (Å²) < 4.78 is 3.44. The van der Waals surface area contributed by atoms with Crippen LogP contribution in [-0.4, -0.2) is 25.5 Å². The summed E-state index contributed by atoms with van der Waals surface area (Å²) in [5.41, 5.74) is 2.89. The zero-order valence-electron chi connectivity index (χ0n) is 11.1. The lowest BCUT2D eigenvalue weighted by Crippen LogP contribution is -2.15. The molecule has 0 atom stereocenters. The highest BCUT2D eigenvalue weighted by atomic mass is 16.1. The Labute approximate surface area is 106 Å². The van der Waals surface area contributed by atoms with Crippen LogP contribution in [0.3, 0.4) is 0 Å². The van der Waals surface area contributed by atoms with Gasteiger partial charge in [-0.25, -0.2) is 0 Å². The van der Waals surface area contributed by atoms with E-state index in [0.717, 1.165) is 17.0 Å². The second-order valence-corrected chi connectivity index (χ2v) is 4.37. The predicted molar refractivity (Wildman–Crippen MR) is 68.2 cm³/mol. The lowest BCUT2D eigenvalue weighted by Gasteiger charge is -2.03. The molecule has 0 spiro atoms. The van der Waals surface area contributed by atoms with Crippen molar-refractivity contribution in [2.24, 2.45) is 14.1 Å². The van der Waals surface area contributed by atoms with Crippen molar-refractivity contribution in [3.05, 3.63) is 29.2 Å². The van der Waals surface area contributed by atoms with E-state index in [1.54, 1.807) is 21.6 Å². The number of hydrogen-bond acceptors (Lipinski definition) is 3. The highest BCUT2D eigenvalue weighted by Gasteiger charge is 2.14. The molecule has 18 heavy (non-hydrogen) atoms. The highest BCUT2D eigenvalue weighted by Crippen LogP contribution is 2.13. The SMILES string of the molecule is Cc1nn(C)c(C)c1CC(=O)Nc1ccn(C)n1. The standard InChI is InChI=1S/C12H17N5O/c1-8-10(9(2)17(4)14-8)7-12(18)13-11-5-6-16(3)15-11/h5-6H,7H2,1-4H3,(H,13,15,18).